The Morgan fingerprint density at radius 2 is 0.942 bits per heavy atom. The molecule has 0 radical (unpaired) electrons. The number of hydrogen-bond donors (Lipinski definition) is 3. The molecular weight excluding hydrogens is 1460 g/mol. The molecular formula is C81H98BBr2F2N3O15. The Kier molecular flexibility index (Phi) is 28.3. The molecule has 2 amide bonds. The first kappa shape index (κ1) is 81.5. The summed E-state index contributed by atoms with van der Waals surface area (Å²) in [5.41, 5.74) is 19.0. The fourth-order valence-corrected chi connectivity index (χ4v) is 13.8. The maximum Gasteiger partial charge on any atom is 0.495 e. The van der Waals surface area contributed by atoms with E-state index in [9.17, 15) is 19.2 Å². The molecule has 104 heavy (non-hydrogen) atoms. The SMILES string of the molecule is C.CC(=O)NCCOc1cc(C)c(Br)c(C)c1.COC(=O)C[C@@H]1COc2cc(O[C@@H]3CCc4c(-c5c(C)cc(OCCNC(C)=O)cc5C)ccc(F)c43)ccc21.COC(=O)C[C@@H]1COc2cc(O[C@@H]3CCc4c(B5OC(C)(C)C(C)(C)O5)ccc(F)c43)ccc21.Cc1cc(OCCN)cc(C)c1Br. The highest BCUT2D eigenvalue weighted by molar-refractivity contribution is 9.11. The zero-order valence-corrected chi connectivity index (χ0v) is 64.4. The second kappa shape index (κ2) is 36.2. The van der Waals surface area contributed by atoms with E-state index in [2.05, 4.69) is 42.5 Å². The summed E-state index contributed by atoms with van der Waals surface area (Å²) in [4.78, 5) is 45.1. The number of benzene rings is 7. The molecule has 3 heterocycles. The first-order valence-corrected chi connectivity index (χ1v) is 36.3. The Labute approximate surface area is 627 Å². The van der Waals surface area contributed by atoms with Gasteiger partial charge in [0.2, 0.25) is 11.8 Å². The van der Waals surface area contributed by atoms with Crippen molar-refractivity contribution in [3.05, 3.63) is 184 Å². The molecule has 1 fully saturated rings. The minimum absolute atomic E-state index is 0. The lowest BCUT2D eigenvalue weighted by atomic mass is 9.75. The Balaban J connectivity index is 0.000000192. The first-order chi connectivity index (χ1) is 49.0. The molecule has 7 aromatic rings. The zero-order valence-electron chi connectivity index (χ0n) is 61.2. The smallest absolute Gasteiger partial charge is 0.492 e. The summed E-state index contributed by atoms with van der Waals surface area (Å²) >= 11 is 7.00. The van der Waals surface area contributed by atoms with E-state index in [-0.39, 0.29) is 67.5 Å². The van der Waals surface area contributed by atoms with E-state index in [4.69, 9.17) is 57.7 Å². The molecule has 4 atom stereocenters. The number of hydrogen-bond acceptors (Lipinski definition) is 16. The van der Waals surface area contributed by atoms with Gasteiger partial charge >= 0.3 is 19.1 Å². The van der Waals surface area contributed by atoms with Crippen molar-refractivity contribution in [1.82, 2.24) is 10.6 Å². The van der Waals surface area contributed by atoms with Gasteiger partial charge in [-0.15, -0.1) is 0 Å². The lowest BCUT2D eigenvalue weighted by Crippen LogP contribution is -2.41. The third kappa shape index (κ3) is 20.0. The third-order valence-corrected chi connectivity index (χ3v) is 21.6. The first-order valence-electron chi connectivity index (χ1n) is 34.7. The standard InChI is InChI=1S/C32H34FNO6.C26H30BFO6.C12H16BrNO2.C10H14BrNO.CH4/c1-18-13-23(38-12-11-34-20(3)35)14-19(2)31(18)25-7-9-27(33)32-26(25)8-10-28(32)40-22-5-6-24-21(15-30(36)37-4)17-39-29(24)16-22;1-25(2)26(3,4)34-27(33-25)19-9-10-20(28)24-18(19)8-11-21(24)32-16-6-7-17-15(12-23(29)30-5)14-31-22(17)13-16;1-8-6-11(7-9(2)12(8)13)16-5-4-14-10(3)15;1-7-5-9(13-4-3-12)6-8(2)10(7)11;/h5-7,9,13-14,16,21,28H,8,10-12,15,17H2,1-4H3,(H,34,35);6-7,9-10,13,15,21H,8,11-12,14H2,1-5H3;6-7H,4-5H2,1-3H3,(H,14,15);5-6H,3-4,12H2,1-2H3;1H4/t21-,28-;15-,21-;;;/m11.../s1. The van der Waals surface area contributed by atoms with Gasteiger partial charge in [0, 0.05) is 75.6 Å². The fraction of sp³-hybridized carbons (Fsp3) is 0.432. The van der Waals surface area contributed by atoms with E-state index in [1.807, 2.05) is 148 Å². The molecule has 23 heteroatoms. The lowest BCUT2D eigenvalue weighted by molar-refractivity contribution is -0.142. The lowest BCUT2D eigenvalue weighted by Gasteiger charge is -2.32. The highest BCUT2D eigenvalue weighted by Gasteiger charge is 2.53. The summed E-state index contributed by atoms with van der Waals surface area (Å²) in [6.07, 6.45) is 2.40. The van der Waals surface area contributed by atoms with E-state index in [0.29, 0.717) is 112 Å². The molecule has 0 saturated carbocycles. The number of nitrogens with one attached hydrogen (secondary N) is 2. The average Bonchev–Trinajstić information content (AvgIpc) is 1.60. The molecule has 4 N–H and O–H groups in total. The van der Waals surface area contributed by atoms with Crippen LogP contribution in [0.4, 0.5) is 8.78 Å². The number of esters is 2. The molecule has 12 rings (SSSR count). The van der Waals surface area contributed by atoms with E-state index in [0.717, 1.165) is 87.3 Å². The number of aryl methyl sites for hydroxylation is 6. The second-order valence-corrected chi connectivity index (χ2v) is 28.9. The van der Waals surface area contributed by atoms with Gasteiger partial charge in [0.05, 0.1) is 64.6 Å². The molecule has 5 aliphatic rings. The Hall–Kier alpha value is -8.22. The predicted molar refractivity (Wildman–Crippen MR) is 406 cm³/mol. The van der Waals surface area contributed by atoms with Gasteiger partial charge in [0.15, 0.2) is 0 Å². The van der Waals surface area contributed by atoms with Gasteiger partial charge in [-0.1, -0.05) is 63.6 Å². The zero-order chi connectivity index (χ0) is 74.6. The summed E-state index contributed by atoms with van der Waals surface area (Å²) < 4.78 is 95.6. The van der Waals surface area contributed by atoms with Crippen LogP contribution in [0.15, 0.2) is 106 Å². The topological polar surface area (TPSA) is 220 Å². The monoisotopic (exact) mass is 1560 g/mol. The number of nitrogens with two attached hydrogens (primary N) is 1. The van der Waals surface area contributed by atoms with Crippen LogP contribution in [0.3, 0.4) is 0 Å². The van der Waals surface area contributed by atoms with Crippen LogP contribution in [0.1, 0.15) is 165 Å². The van der Waals surface area contributed by atoms with Crippen molar-refractivity contribution in [3.8, 4) is 51.4 Å². The van der Waals surface area contributed by atoms with Gasteiger partial charge < -0.3 is 68.3 Å². The van der Waals surface area contributed by atoms with Gasteiger partial charge in [-0.05, 0) is 217 Å². The minimum atomic E-state index is -0.543. The van der Waals surface area contributed by atoms with Crippen LogP contribution in [0, 0.1) is 53.2 Å². The van der Waals surface area contributed by atoms with E-state index < -0.39 is 30.5 Å². The summed E-state index contributed by atoms with van der Waals surface area (Å²) in [5.74, 6) is 3.74. The largest absolute Gasteiger partial charge is 0.495 e. The minimum Gasteiger partial charge on any atom is -0.492 e. The summed E-state index contributed by atoms with van der Waals surface area (Å²) in [6, 6.07) is 29.7. The molecule has 3 aliphatic heterocycles. The van der Waals surface area contributed by atoms with Crippen LogP contribution in [0.2, 0.25) is 0 Å². The third-order valence-electron chi connectivity index (χ3n) is 19.1. The predicted octanol–water partition coefficient (Wildman–Crippen LogP) is 15.6. The number of ether oxygens (including phenoxy) is 9. The molecule has 0 bridgehead atoms. The molecule has 0 unspecified atom stereocenters. The molecule has 0 spiro atoms. The van der Waals surface area contributed by atoms with Gasteiger partial charge in [-0.2, -0.15) is 0 Å². The molecule has 2 aliphatic carbocycles. The summed E-state index contributed by atoms with van der Waals surface area (Å²) in [7, 11) is 2.22. The fourth-order valence-electron chi connectivity index (χ4n) is 13.3. The van der Waals surface area contributed by atoms with Crippen LogP contribution < -0.4 is 55.0 Å². The van der Waals surface area contributed by atoms with Gasteiger partial charge in [0.25, 0.3) is 0 Å². The average molecular weight is 1560 g/mol. The number of rotatable bonds is 21. The molecule has 1 saturated heterocycles. The summed E-state index contributed by atoms with van der Waals surface area (Å²) in [6.45, 7) is 27.0. The van der Waals surface area contributed by atoms with Crippen LogP contribution in [-0.4, -0.2) is 109 Å². The molecule has 7 aromatic carbocycles. The maximum absolute atomic E-state index is 15.3. The number of amides is 2. The molecule has 18 nitrogen and oxygen atoms in total. The van der Waals surface area contributed by atoms with E-state index in [1.54, 1.807) is 6.07 Å². The van der Waals surface area contributed by atoms with Crippen molar-refractivity contribution >= 4 is 68.2 Å². The molecule has 0 aromatic heterocycles. The van der Waals surface area contributed by atoms with Crippen molar-refractivity contribution in [2.75, 3.05) is 66.9 Å². The van der Waals surface area contributed by atoms with Crippen LogP contribution in [-0.2, 0) is 50.8 Å². The van der Waals surface area contributed by atoms with Crippen molar-refractivity contribution in [2.45, 2.75) is 164 Å². The van der Waals surface area contributed by atoms with Gasteiger partial charge in [-0.25, -0.2) is 8.78 Å². The van der Waals surface area contributed by atoms with Crippen LogP contribution >= 0.6 is 31.9 Å². The Bertz CT molecular complexity index is 4160. The van der Waals surface area contributed by atoms with Gasteiger partial charge in [-0.3, -0.25) is 19.2 Å². The number of fused-ring (bicyclic) bond motifs is 4. The van der Waals surface area contributed by atoms with Crippen molar-refractivity contribution < 1.29 is 79.9 Å². The molecule has 558 valence electrons. The maximum atomic E-state index is 15.3. The second-order valence-electron chi connectivity index (χ2n) is 27.3. The van der Waals surface area contributed by atoms with E-state index >= 15 is 8.78 Å². The van der Waals surface area contributed by atoms with E-state index in [1.165, 1.54) is 51.3 Å². The number of carbonyl (C=O) groups is 4. The number of halogens is 4. The van der Waals surface area contributed by atoms with Crippen molar-refractivity contribution in [2.24, 2.45) is 5.73 Å². The summed E-state index contributed by atoms with van der Waals surface area (Å²) in [5, 5.41) is 5.41. The quantitative estimate of drug-likeness (QED) is 0.0346. The Morgan fingerprint density at radius 1 is 0.548 bits per heavy atom. The van der Waals surface area contributed by atoms with Crippen molar-refractivity contribution in [1.29, 1.82) is 0 Å². The Morgan fingerprint density at radius 3 is 1.36 bits per heavy atom. The number of carbonyl (C=O) groups excluding carboxylic acids is 4. The normalized spacial score (nSPS) is 17.2. The number of methoxy groups -OCH3 is 2. The highest BCUT2D eigenvalue weighted by Crippen LogP contribution is 2.47. The van der Waals surface area contributed by atoms with Crippen molar-refractivity contribution in [3.63, 3.8) is 0 Å². The van der Waals surface area contributed by atoms with Gasteiger partial charge in [0.1, 0.15) is 83.9 Å². The highest BCUT2D eigenvalue weighted by atomic mass is 79.9. The van der Waals surface area contributed by atoms with Crippen LogP contribution in [0.25, 0.3) is 11.1 Å². The van der Waals surface area contributed by atoms with Crippen LogP contribution in [0.5, 0.6) is 40.2 Å².